The number of hydrogen-bond donors (Lipinski definition) is 1. The molecule has 1 aliphatic carbocycles. The topological polar surface area (TPSA) is 39.7 Å². The predicted octanol–water partition coefficient (Wildman–Crippen LogP) is 2.22. The van der Waals surface area contributed by atoms with Crippen molar-refractivity contribution in [3.63, 3.8) is 0 Å². The van der Waals surface area contributed by atoms with Gasteiger partial charge in [-0.25, -0.2) is 0 Å². The van der Waals surface area contributed by atoms with Gasteiger partial charge in [0.25, 0.3) is 0 Å². The lowest BCUT2D eigenvalue weighted by Crippen LogP contribution is -2.33. The zero-order valence-electron chi connectivity index (χ0n) is 12.7. The second-order valence-corrected chi connectivity index (χ2v) is 5.26. The molecule has 4 nitrogen and oxygen atoms in total. The average Bonchev–Trinajstić information content (AvgIpc) is 2.87. The molecular weight excluding hydrogens is 242 g/mol. The van der Waals surface area contributed by atoms with Gasteiger partial charge in [-0.1, -0.05) is 13.3 Å². The van der Waals surface area contributed by atoms with Crippen LogP contribution in [0.2, 0.25) is 0 Å². The largest absolute Gasteiger partial charge is 0.382 e. The number of hydrogen-bond acceptors (Lipinski definition) is 4. The summed E-state index contributed by atoms with van der Waals surface area (Å²) in [5.74, 6) is 0.806. The van der Waals surface area contributed by atoms with E-state index in [4.69, 9.17) is 14.2 Å². The molecule has 0 heterocycles. The quantitative estimate of drug-likeness (QED) is 0.554. The Balaban J connectivity index is 1.93. The second kappa shape index (κ2) is 11.6. The summed E-state index contributed by atoms with van der Waals surface area (Å²) in [5, 5.41) is 3.66. The van der Waals surface area contributed by atoms with Crippen molar-refractivity contribution in [3.05, 3.63) is 0 Å². The molecule has 1 rings (SSSR count). The van der Waals surface area contributed by atoms with Crippen molar-refractivity contribution in [2.75, 3.05) is 46.7 Å². The van der Waals surface area contributed by atoms with Gasteiger partial charge in [0.2, 0.25) is 0 Å². The fraction of sp³-hybridized carbons (Fsp3) is 1.00. The molecule has 0 radical (unpaired) electrons. The van der Waals surface area contributed by atoms with Gasteiger partial charge in [-0.2, -0.15) is 0 Å². The van der Waals surface area contributed by atoms with Crippen LogP contribution >= 0.6 is 0 Å². The van der Waals surface area contributed by atoms with Crippen LogP contribution in [0.15, 0.2) is 0 Å². The number of nitrogens with one attached hydrogen (secondary N) is 1. The lowest BCUT2D eigenvalue weighted by atomic mass is 10.00. The van der Waals surface area contributed by atoms with Gasteiger partial charge in [-0.15, -0.1) is 0 Å². The van der Waals surface area contributed by atoms with Crippen LogP contribution in [0.25, 0.3) is 0 Å². The normalized spacial score (nSPS) is 23.1. The minimum Gasteiger partial charge on any atom is -0.382 e. The summed E-state index contributed by atoms with van der Waals surface area (Å²) in [4.78, 5) is 0. The van der Waals surface area contributed by atoms with Crippen molar-refractivity contribution < 1.29 is 14.2 Å². The maximum absolute atomic E-state index is 5.63. The van der Waals surface area contributed by atoms with E-state index in [1.165, 1.54) is 32.1 Å². The van der Waals surface area contributed by atoms with Gasteiger partial charge in [0.05, 0.1) is 26.4 Å². The monoisotopic (exact) mass is 273 g/mol. The molecule has 2 unspecified atom stereocenters. The molecule has 1 N–H and O–H groups in total. The highest BCUT2D eigenvalue weighted by Crippen LogP contribution is 2.28. The maximum Gasteiger partial charge on any atom is 0.0701 e. The molecule has 2 atom stereocenters. The molecule has 0 spiro atoms. The number of rotatable bonds is 12. The predicted molar refractivity (Wildman–Crippen MR) is 77.6 cm³/mol. The van der Waals surface area contributed by atoms with E-state index < -0.39 is 0 Å². The first-order chi connectivity index (χ1) is 9.38. The third-order valence-electron chi connectivity index (χ3n) is 3.75. The van der Waals surface area contributed by atoms with Crippen LogP contribution in [-0.2, 0) is 14.2 Å². The fourth-order valence-electron chi connectivity index (χ4n) is 2.68. The molecule has 0 aromatic carbocycles. The first kappa shape index (κ1) is 16.9. The van der Waals surface area contributed by atoms with Crippen LogP contribution < -0.4 is 5.32 Å². The second-order valence-electron chi connectivity index (χ2n) is 5.26. The minimum atomic E-state index is 0.658. The molecule has 0 saturated heterocycles. The lowest BCUT2D eigenvalue weighted by molar-refractivity contribution is 0.0214. The van der Waals surface area contributed by atoms with E-state index >= 15 is 0 Å². The first-order valence-electron chi connectivity index (χ1n) is 7.76. The summed E-state index contributed by atoms with van der Waals surface area (Å²) in [6.07, 6.45) is 6.46. The van der Waals surface area contributed by atoms with Gasteiger partial charge in [0, 0.05) is 19.8 Å². The van der Waals surface area contributed by atoms with Crippen LogP contribution in [0.5, 0.6) is 0 Å². The van der Waals surface area contributed by atoms with E-state index in [0.717, 1.165) is 25.1 Å². The standard InChI is InChI=1S/C15H31NO3/c1-3-8-16-15-6-4-5-14(15)7-9-18-12-13-19-11-10-17-2/h14-16H,3-13H2,1-2H3. The highest BCUT2D eigenvalue weighted by molar-refractivity contribution is 4.82. The molecule has 4 heteroatoms. The van der Waals surface area contributed by atoms with Gasteiger partial charge >= 0.3 is 0 Å². The van der Waals surface area contributed by atoms with Gasteiger partial charge in [0.1, 0.15) is 0 Å². The Bertz CT molecular complexity index is 202. The fourth-order valence-corrected chi connectivity index (χ4v) is 2.68. The first-order valence-corrected chi connectivity index (χ1v) is 7.76. The third kappa shape index (κ3) is 7.88. The van der Waals surface area contributed by atoms with Gasteiger partial charge in [-0.05, 0) is 38.1 Å². The Kier molecular flexibility index (Phi) is 10.4. The molecule has 0 aliphatic heterocycles. The Morgan fingerprint density at radius 3 is 2.47 bits per heavy atom. The molecular formula is C15H31NO3. The van der Waals surface area contributed by atoms with Gasteiger partial charge in [-0.3, -0.25) is 0 Å². The summed E-state index contributed by atoms with van der Waals surface area (Å²) in [7, 11) is 1.68. The highest BCUT2D eigenvalue weighted by atomic mass is 16.5. The SMILES string of the molecule is CCCNC1CCCC1CCOCCOCCOC. The summed E-state index contributed by atoms with van der Waals surface area (Å²) >= 11 is 0. The van der Waals surface area contributed by atoms with Crippen molar-refractivity contribution in [2.45, 2.75) is 45.1 Å². The lowest BCUT2D eigenvalue weighted by Gasteiger charge is -2.20. The average molecular weight is 273 g/mol. The molecule has 114 valence electrons. The zero-order chi connectivity index (χ0) is 13.8. The summed E-state index contributed by atoms with van der Waals surface area (Å²) in [6, 6.07) is 0.724. The molecule has 19 heavy (non-hydrogen) atoms. The van der Waals surface area contributed by atoms with Crippen LogP contribution in [0.1, 0.15) is 39.0 Å². The molecule has 1 fully saturated rings. The summed E-state index contributed by atoms with van der Waals surface area (Å²) < 4.78 is 15.9. The Labute approximate surface area is 118 Å². The van der Waals surface area contributed by atoms with E-state index in [2.05, 4.69) is 12.2 Å². The van der Waals surface area contributed by atoms with Crippen molar-refractivity contribution >= 4 is 0 Å². The minimum absolute atomic E-state index is 0.658. The molecule has 0 bridgehead atoms. The van der Waals surface area contributed by atoms with E-state index in [1.807, 2.05) is 0 Å². The number of methoxy groups -OCH3 is 1. The van der Waals surface area contributed by atoms with Gasteiger partial charge in [0.15, 0.2) is 0 Å². The Morgan fingerprint density at radius 1 is 1.00 bits per heavy atom. The Morgan fingerprint density at radius 2 is 1.74 bits per heavy atom. The molecule has 1 saturated carbocycles. The van der Waals surface area contributed by atoms with E-state index in [9.17, 15) is 0 Å². The van der Waals surface area contributed by atoms with Crippen molar-refractivity contribution in [1.82, 2.24) is 5.32 Å². The third-order valence-corrected chi connectivity index (χ3v) is 3.75. The summed E-state index contributed by atoms with van der Waals surface area (Å²) in [6.45, 7) is 6.93. The molecule has 1 aliphatic rings. The Hall–Kier alpha value is -0.160. The molecule has 0 aromatic rings. The molecule has 0 aromatic heterocycles. The van der Waals surface area contributed by atoms with Crippen molar-refractivity contribution in [1.29, 1.82) is 0 Å². The van der Waals surface area contributed by atoms with Crippen molar-refractivity contribution in [3.8, 4) is 0 Å². The maximum atomic E-state index is 5.63. The number of ether oxygens (including phenoxy) is 3. The molecule has 0 amide bonds. The van der Waals surface area contributed by atoms with E-state index in [1.54, 1.807) is 7.11 Å². The zero-order valence-corrected chi connectivity index (χ0v) is 12.7. The smallest absolute Gasteiger partial charge is 0.0701 e. The van der Waals surface area contributed by atoms with Crippen LogP contribution in [0.4, 0.5) is 0 Å². The van der Waals surface area contributed by atoms with Crippen LogP contribution in [-0.4, -0.2) is 52.7 Å². The van der Waals surface area contributed by atoms with Crippen LogP contribution in [0.3, 0.4) is 0 Å². The van der Waals surface area contributed by atoms with E-state index in [-0.39, 0.29) is 0 Å². The van der Waals surface area contributed by atoms with Crippen LogP contribution in [0, 0.1) is 5.92 Å². The van der Waals surface area contributed by atoms with Crippen molar-refractivity contribution in [2.24, 2.45) is 5.92 Å². The van der Waals surface area contributed by atoms with Gasteiger partial charge < -0.3 is 19.5 Å². The van der Waals surface area contributed by atoms with E-state index in [0.29, 0.717) is 26.4 Å². The summed E-state index contributed by atoms with van der Waals surface area (Å²) in [5.41, 5.74) is 0. The highest BCUT2D eigenvalue weighted by Gasteiger charge is 2.25.